The Hall–Kier alpha value is -1.72. The molecule has 0 radical (unpaired) electrons. The molecular weight excluding hydrogens is 235 g/mol. The molecule has 0 atom stereocenters. The summed E-state index contributed by atoms with van der Waals surface area (Å²) in [6.07, 6.45) is -4.76. The highest BCUT2D eigenvalue weighted by Gasteiger charge is 2.31. The van der Waals surface area contributed by atoms with E-state index in [4.69, 9.17) is 0 Å². The molecule has 0 saturated carbocycles. The summed E-state index contributed by atoms with van der Waals surface area (Å²) >= 11 is 0. The Kier molecular flexibility index (Phi) is 3.98. The number of carbonyl (C=O) groups is 1. The average Bonchev–Trinajstić information content (AvgIpc) is 2.14. The molecule has 0 fully saturated rings. The summed E-state index contributed by atoms with van der Waals surface area (Å²) in [6, 6.07) is 4.84. The van der Waals surface area contributed by atoms with Crippen molar-refractivity contribution in [1.29, 1.82) is 0 Å². The Balaban J connectivity index is 2.82. The molecule has 94 valence electrons. The number of hydrogen-bond acceptors (Lipinski definition) is 2. The first kappa shape index (κ1) is 13.3. The fourth-order valence-electron chi connectivity index (χ4n) is 1.18. The van der Waals surface area contributed by atoms with Gasteiger partial charge in [0.05, 0.1) is 0 Å². The summed E-state index contributed by atoms with van der Waals surface area (Å²) < 4.78 is 39.6. The third-order valence-electron chi connectivity index (χ3n) is 1.75. The molecule has 0 saturated heterocycles. The fourth-order valence-corrected chi connectivity index (χ4v) is 1.18. The Morgan fingerprint density at radius 1 is 1.35 bits per heavy atom. The van der Waals surface area contributed by atoms with Crippen molar-refractivity contribution in [2.45, 2.75) is 26.3 Å². The normalized spacial score (nSPS) is 11.4. The Morgan fingerprint density at radius 3 is 2.53 bits per heavy atom. The molecule has 1 aromatic carbocycles. The molecule has 0 unspecified atom stereocenters. The van der Waals surface area contributed by atoms with E-state index in [0.29, 0.717) is 0 Å². The molecule has 3 nitrogen and oxygen atoms in total. The van der Waals surface area contributed by atoms with Crippen molar-refractivity contribution in [2.75, 3.05) is 0 Å². The zero-order valence-electron chi connectivity index (χ0n) is 9.34. The Bertz CT molecular complexity index is 402. The Morgan fingerprint density at radius 2 is 2.00 bits per heavy atom. The van der Waals surface area contributed by atoms with Crippen LogP contribution in [-0.4, -0.2) is 18.3 Å². The molecule has 6 heteroatoms. The van der Waals surface area contributed by atoms with E-state index in [9.17, 15) is 18.0 Å². The van der Waals surface area contributed by atoms with Gasteiger partial charge in [0.1, 0.15) is 5.75 Å². The maximum absolute atomic E-state index is 12.0. The van der Waals surface area contributed by atoms with E-state index in [0.717, 1.165) is 12.1 Å². The largest absolute Gasteiger partial charge is 0.573 e. The minimum atomic E-state index is -4.76. The van der Waals surface area contributed by atoms with Gasteiger partial charge < -0.3 is 10.1 Å². The molecule has 0 aliphatic rings. The molecule has 0 spiro atoms. The number of nitrogens with one attached hydrogen (secondary N) is 1. The van der Waals surface area contributed by atoms with E-state index < -0.39 is 18.0 Å². The smallest absolute Gasteiger partial charge is 0.406 e. The summed E-state index contributed by atoms with van der Waals surface area (Å²) in [5, 5.41) is 2.57. The molecule has 0 aliphatic carbocycles. The number of ether oxygens (including phenoxy) is 1. The van der Waals surface area contributed by atoms with Crippen LogP contribution >= 0.6 is 0 Å². The molecule has 0 heterocycles. The van der Waals surface area contributed by atoms with Crippen molar-refractivity contribution in [1.82, 2.24) is 5.32 Å². The van der Waals surface area contributed by atoms with Crippen LogP contribution in [0.2, 0.25) is 0 Å². The van der Waals surface area contributed by atoms with E-state index in [1.807, 2.05) is 0 Å². The molecule has 0 aromatic heterocycles. The second kappa shape index (κ2) is 5.07. The minimum Gasteiger partial charge on any atom is -0.406 e. The standard InChI is InChI=1S/C11H12F3NO2/c1-7(2)15-10(16)8-4-3-5-9(6-8)17-11(12,13)14/h3-7H,1-2H3,(H,15,16). The fraction of sp³-hybridized carbons (Fsp3) is 0.364. The first-order chi connectivity index (χ1) is 7.78. The van der Waals surface area contributed by atoms with Crippen molar-refractivity contribution in [3.63, 3.8) is 0 Å². The Labute approximate surface area is 96.6 Å². The molecule has 1 rings (SSSR count). The van der Waals surface area contributed by atoms with Gasteiger partial charge in [0.25, 0.3) is 5.91 Å². The van der Waals surface area contributed by atoms with E-state index in [1.54, 1.807) is 13.8 Å². The summed E-state index contributed by atoms with van der Waals surface area (Å²) in [5.41, 5.74) is 0.125. The number of halogens is 3. The maximum atomic E-state index is 12.0. The molecule has 17 heavy (non-hydrogen) atoms. The summed E-state index contributed by atoms with van der Waals surface area (Å²) in [4.78, 5) is 11.5. The van der Waals surface area contributed by atoms with Crippen LogP contribution < -0.4 is 10.1 Å². The molecular formula is C11H12F3NO2. The van der Waals surface area contributed by atoms with Gasteiger partial charge in [0.15, 0.2) is 0 Å². The van der Waals surface area contributed by atoms with E-state index in [1.165, 1.54) is 12.1 Å². The van der Waals surface area contributed by atoms with Crippen LogP contribution in [-0.2, 0) is 0 Å². The third-order valence-corrected chi connectivity index (χ3v) is 1.75. The number of benzene rings is 1. The van der Waals surface area contributed by atoms with Crippen molar-refractivity contribution in [3.8, 4) is 5.75 Å². The first-order valence-corrected chi connectivity index (χ1v) is 4.94. The molecule has 0 bridgehead atoms. The second-order valence-electron chi connectivity index (χ2n) is 3.70. The van der Waals surface area contributed by atoms with Crippen LogP contribution in [0.5, 0.6) is 5.75 Å². The zero-order chi connectivity index (χ0) is 13.1. The minimum absolute atomic E-state index is 0.0882. The van der Waals surface area contributed by atoms with Crippen molar-refractivity contribution < 1.29 is 22.7 Å². The topological polar surface area (TPSA) is 38.3 Å². The van der Waals surface area contributed by atoms with Gasteiger partial charge in [-0.15, -0.1) is 13.2 Å². The first-order valence-electron chi connectivity index (χ1n) is 4.94. The van der Waals surface area contributed by atoms with Crippen LogP contribution in [0.25, 0.3) is 0 Å². The van der Waals surface area contributed by atoms with Gasteiger partial charge in [-0.05, 0) is 32.0 Å². The van der Waals surface area contributed by atoms with E-state index in [-0.39, 0.29) is 11.6 Å². The molecule has 1 N–H and O–H groups in total. The van der Waals surface area contributed by atoms with Crippen LogP contribution in [0, 0.1) is 0 Å². The van der Waals surface area contributed by atoms with Gasteiger partial charge in [0, 0.05) is 11.6 Å². The van der Waals surface area contributed by atoms with Gasteiger partial charge >= 0.3 is 6.36 Å². The zero-order valence-corrected chi connectivity index (χ0v) is 9.34. The highest BCUT2D eigenvalue weighted by molar-refractivity contribution is 5.94. The lowest BCUT2D eigenvalue weighted by atomic mass is 10.2. The predicted octanol–water partition coefficient (Wildman–Crippen LogP) is 2.72. The van der Waals surface area contributed by atoms with Crippen molar-refractivity contribution in [2.24, 2.45) is 0 Å². The van der Waals surface area contributed by atoms with Crippen LogP contribution in [0.1, 0.15) is 24.2 Å². The highest BCUT2D eigenvalue weighted by atomic mass is 19.4. The summed E-state index contributed by atoms with van der Waals surface area (Å²) in [5.74, 6) is -0.846. The van der Waals surface area contributed by atoms with Gasteiger partial charge in [-0.25, -0.2) is 0 Å². The van der Waals surface area contributed by atoms with Gasteiger partial charge in [-0.3, -0.25) is 4.79 Å². The maximum Gasteiger partial charge on any atom is 0.573 e. The van der Waals surface area contributed by atoms with Gasteiger partial charge in [-0.2, -0.15) is 0 Å². The summed E-state index contributed by atoms with van der Waals surface area (Å²) in [6.45, 7) is 3.52. The van der Waals surface area contributed by atoms with E-state index in [2.05, 4.69) is 10.1 Å². The lowest BCUT2D eigenvalue weighted by molar-refractivity contribution is -0.274. The van der Waals surface area contributed by atoms with Gasteiger partial charge in [0.2, 0.25) is 0 Å². The average molecular weight is 247 g/mol. The van der Waals surface area contributed by atoms with Crippen molar-refractivity contribution >= 4 is 5.91 Å². The monoisotopic (exact) mass is 247 g/mol. The number of alkyl halides is 3. The highest BCUT2D eigenvalue weighted by Crippen LogP contribution is 2.23. The third kappa shape index (κ3) is 4.76. The second-order valence-corrected chi connectivity index (χ2v) is 3.70. The molecule has 1 aromatic rings. The van der Waals surface area contributed by atoms with Crippen LogP contribution in [0.3, 0.4) is 0 Å². The SMILES string of the molecule is CC(C)NC(=O)c1cccc(OC(F)(F)F)c1. The van der Waals surface area contributed by atoms with E-state index >= 15 is 0 Å². The lowest BCUT2D eigenvalue weighted by Crippen LogP contribution is -2.30. The number of hydrogen-bond donors (Lipinski definition) is 1. The predicted molar refractivity (Wildman–Crippen MR) is 55.7 cm³/mol. The molecule has 1 amide bonds. The number of carbonyl (C=O) groups excluding carboxylic acids is 1. The van der Waals surface area contributed by atoms with Gasteiger partial charge in [-0.1, -0.05) is 6.07 Å². The lowest BCUT2D eigenvalue weighted by Gasteiger charge is -2.11. The molecule has 0 aliphatic heterocycles. The van der Waals surface area contributed by atoms with Crippen molar-refractivity contribution in [3.05, 3.63) is 29.8 Å². The van der Waals surface area contributed by atoms with Crippen LogP contribution in [0.4, 0.5) is 13.2 Å². The van der Waals surface area contributed by atoms with Crippen LogP contribution in [0.15, 0.2) is 24.3 Å². The number of amides is 1. The quantitative estimate of drug-likeness (QED) is 0.891. The number of rotatable bonds is 3. The summed E-state index contributed by atoms with van der Waals surface area (Å²) in [7, 11) is 0.